The highest BCUT2D eigenvalue weighted by Gasteiger charge is 2.38. The third kappa shape index (κ3) is 4.98. The van der Waals surface area contributed by atoms with Crippen molar-refractivity contribution in [2.75, 3.05) is 26.3 Å². The van der Waals surface area contributed by atoms with E-state index in [1.165, 1.54) is 0 Å². The Morgan fingerprint density at radius 2 is 2.29 bits per heavy atom. The van der Waals surface area contributed by atoms with Gasteiger partial charge in [-0.1, -0.05) is 6.07 Å². The Hall–Kier alpha value is -1.67. The molecule has 1 fully saturated rings. The molecule has 1 aromatic heterocycles. The van der Waals surface area contributed by atoms with Gasteiger partial charge in [0.25, 0.3) is 0 Å². The SMILES string of the molecule is O=C(NCc1ccccn1)C1COCCN1CC(F)(F)F. The van der Waals surface area contributed by atoms with Crippen LogP contribution in [0.25, 0.3) is 0 Å². The predicted octanol–water partition coefficient (Wildman–Crippen LogP) is 0.961. The molecule has 2 heterocycles. The third-order valence-electron chi connectivity index (χ3n) is 3.09. The molecule has 1 aromatic rings. The van der Waals surface area contributed by atoms with Crippen LogP contribution in [0.4, 0.5) is 13.2 Å². The van der Waals surface area contributed by atoms with E-state index in [1.807, 2.05) is 0 Å². The van der Waals surface area contributed by atoms with Crippen LogP contribution in [0.2, 0.25) is 0 Å². The summed E-state index contributed by atoms with van der Waals surface area (Å²) in [5, 5.41) is 2.59. The molecule has 0 aliphatic carbocycles. The molecule has 0 radical (unpaired) electrons. The molecule has 21 heavy (non-hydrogen) atoms. The van der Waals surface area contributed by atoms with Crippen LogP contribution < -0.4 is 5.32 Å². The highest BCUT2D eigenvalue weighted by molar-refractivity contribution is 5.82. The normalized spacial score (nSPS) is 20.2. The summed E-state index contributed by atoms with van der Waals surface area (Å²) in [6, 6.07) is 4.31. The molecule has 1 aliphatic rings. The maximum Gasteiger partial charge on any atom is 0.401 e. The lowest BCUT2D eigenvalue weighted by Gasteiger charge is -2.34. The molecule has 5 nitrogen and oxygen atoms in total. The van der Waals surface area contributed by atoms with Gasteiger partial charge in [-0.3, -0.25) is 14.7 Å². The van der Waals surface area contributed by atoms with Crippen molar-refractivity contribution in [3.05, 3.63) is 30.1 Å². The smallest absolute Gasteiger partial charge is 0.378 e. The van der Waals surface area contributed by atoms with Gasteiger partial charge in [-0.2, -0.15) is 13.2 Å². The largest absolute Gasteiger partial charge is 0.401 e. The average Bonchev–Trinajstić information content (AvgIpc) is 2.45. The third-order valence-corrected chi connectivity index (χ3v) is 3.09. The maximum absolute atomic E-state index is 12.5. The topological polar surface area (TPSA) is 54.5 Å². The molecule has 116 valence electrons. The van der Waals surface area contributed by atoms with Gasteiger partial charge >= 0.3 is 6.18 Å². The number of amides is 1. The summed E-state index contributed by atoms with van der Waals surface area (Å²) >= 11 is 0. The van der Waals surface area contributed by atoms with E-state index < -0.39 is 24.7 Å². The van der Waals surface area contributed by atoms with Crippen molar-refractivity contribution in [3.63, 3.8) is 0 Å². The Morgan fingerprint density at radius 1 is 1.48 bits per heavy atom. The number of alkyl halides is 3. The zero-order chi connectivity index (χ0) is 15.3. The van der Waals surface area contributed by atoms with Gasteiger partial charge in [-0.15, -0.1) is 0 Å². The molecular weight excluding hydrogens is 287 g/mol. The summed E-state index contributed by atoms with van der Waals surface area (Å²) in [5.41, 5.74) is 0.643. The van der Waals surface area contributed by atoms with E-state index in [4.69, 9.17) is 4.74 Å². The number of carbonyl (C=O) groups is 1. The fourth-order valence-corrected chi connectivity index (χ4v) is 2.10. The minimum atomic E-state index is -4.34. The zero-order valence-electron chi connectivity index (χ0n) is 11.3. The summed E-state index contributed by atoms with van der Waals surface area (Å²) in [7, 11) is 0. The second-order valence-corrected chi connectivity index (χ2v) is 4.72. The van der Waals surface area contributed by atoms with E-state index in [9.17, 15) is 18.0 Å². The first-order valence-corrected chi connectivity index (χ1v) is 6.52. The number of rotatable bonds is 4. The second kappa shape index (κ2) is 6.86. The van der Waals surface area contributed by atoms with Gasteiger partial charge in [0.1, 0.15) is 6.04 Å². The van der Waals surface area contributed by atoms with Crippen molar-refractivity contribution < 1.29 is 22.7 Å². The lowest BCUT2D eigenvalue weighted by Crippen LogP contribution is -2.55. The van der Waals surface area contributed by atoms with E-state index in [-0.39, 0.29) is 26.3 Å². The van der Waals surface area contributed by atoms with Crippen LogP contribution in [0.5, 0.6) is 0 Å². The minimum Gasteiger partial charge on any atom is -0.378 e. The number of nitrogens with one attached hydrogen (secondary N) is 1. The van der Waals surface area contributed by atoms with Gasteiger partial charge in [0.05, 0.1) is 32.0 Å². The molecule has 1 atom stereocenters. The van der Waals surface area contributed by atoms with Gasteiger partial charge < -0.3 is 10.1 Å². The molecule has 0 bridgehead atoms. The summed E-state index contributed by atoms with van der Waals surface area (Å²) in [4.78, 5) is 17.2. The first kappa shape index (κ1) is 15.7. The van der Waals surface area contributed by atoms with Gasteiger partial charge in [0, 0.05) is 12.7 Å². The Labute approximate surface area is 120 Å². The van der Waals surface area contributed by atoms with Crippen LogP contribution in [0.3, 0.4) is 0 Å². The van der Waals surface area contributed by atoms with Crippen LogP contribution in [0, 0.1) is 0 Å². The summed E-state index contributed by atoms with van der Waals surface area (Å²) in [5.74, 6) is -0.482. The Balaban J connectivity index is 1.92. The maximum atomic E-state index is 12.5. The van der Waals surface area contributed by atoms with Gasteiger partial charge in [0.15, 0.2) is 0 Å². The van der Waals surface area contributed by atoms with Crippen molar-refractivity contribution in [1.82, 2.24) is 15.2 Å². The zero-order valence-corrected chi connectivity index (χ0v) is 11.3. The number of aromatic nitrogens is 1. The number of hydrogen-bond acceptors (Lipinski definition) is 4. The molecule has 0 saturated carbocycles. The van der Waals surface area contributed by atoms with Crippen molar-refractivity contribution in [3.8, 4) is 0 Å². The standard InChI is InChI=1S/C13H16F3N3O2/c14-13(15,16)9-19-5-6-21-8-11(19)12(20)18-7-10-3-1-2-4-17-10/h1-4,11H,5-9H2,(H,18,20). The number of nitrogens with zero attached hydrogens (tertiary/aromatic N) is 2. The van der Waals surface area contributed by atoms with Crippen LogP contribution in [-0.2, 0) is 16.1 Å². The predicted molar refractivity (Wildman–Crippen MR) is 68.3 cm³/mol. The highest BCUT2D eigenvalue weighted by atomic mass is 19.4. The Kier molecular flexibility index (Phi) is 5.13. The fraction of sp³-hybridized carbons (Fsp3) is 0.538. The lowest BCUT2D eigenvalue weighted by molar-refractivity contribution is -0.166. The number of morpholine rings is 1. The first-order valence-electron chi connectivity index (χ1n) is 6.52. The van der Waals surface area contributed by atoms with Crippen LogP contribution in [0.15, 0.2) is 24.4 Å². The molecule has 8 heteroatoms. The van der Waals surface area contributed by atoms with E-state index in [0.29, 0.717) is 5.69 Å². The first-order chi connectivity index (χ1) is 9.96. The lowest BCUT2D eigenvalue weighted by atomic mass is 10.2. The Bertz CT molecular complexity index is 467. The second-order valence-electron chi connectivity index (χ2n) is 4.72. The van der Waals surface area contributed by atoms with Crippen molar-refractivity contribution in [1.29, 1.82) is 0 Å². The molecule has 0 aromatic carbocycles. The van der Waals surface area contributed by atoms with Crippen LogP contribution in [-0.4, -0.2) is 54.3 Å². The quantitative estimate of drug-likeness (QED) is 0.900. The molecule has 1 aliphatic heterocycles. The average molecular weight is 303 g/mol. The van der Waals surface area contributed by atoms with Crippen molar-refractivity contribution in [2.24, 2.45) is 0 Å². The van der Waals surface area contributed by atoms with Crippen LogP contribution >= 0.6 is 0 Å². The number of hydrogen-bond donors (Lipinski definition) is 1. The van der Waals surface area contributed by atoms with Gasteiger partial charge in [-0.05, 0) is 12.1 Å². The molecule has 1 unspecified atom stereocenters. The summed E-state index contributed by atoms with van der Waals surface area (Å²) in [6.45, 7) is -0.695. The molecule has 0 spiro atoms. The van der Waals surface area contributed by atoms with Crippen LogP contribution in [0.1, 0.15) is 5.69 Å². The monoisotopic (exact) mass is 303 g/mol. The number of carbonyl (C=O) groups excluding carboxylic acids is 1. The van der Waals surface area contributed by atoms with Gasteiger partial charge in [0.2, 0.25) is 5.91 Å². The summed E-state index contributed by atoms with van der Waals surface area (Å²) in [6.07, 6.45) is -2.75. The molecule has 1 amide bonds. The molecule has 1 N–H and O–H groups in total. The van der Waals surface area contributed by atoms with Crippen molar-refractivity contribution >= 4 is 5.91 Å². The molecule has 2 rings (SSSR count). The number of ether oxygens (including phenoxy) is 1. The van der Waals surface area contributed by atoms with E-state index in [1.54, 1.807) is 24.4 Å². The number of pyridine rings is 1. The molecular formula is C13H16F3N3O2. The van der Waals surface area contributed by atoms with E-state index >= 15 is 0 Å². The number of halogens is 3. The Morgan fingerprint density at radius 3 is 2.95 bits per heavy atom. The van der Waals surface area contributed by atoms with Crippen molar-refractivity contribution in [2.45, 2.75) is 18.8 Å². The molecule has 1 saturated heterocycles. The van der Waals surface area contributed by atoms with E-state index in [0.717, 1.165) is 4.90 Å². The van der Waals surface area contributed by atoms with E-state index in [2.05, 4.69) is 10.3 Å². The minimum absolute atomic E-state index is 0.0376. The van der Waals surface area contributed by atoms with Gasteiger partial charge in [-0.25, -0.2) is 0 Å². The fourth-order valence-electron chi connectivity index (χ4n) is 2.10. The highest BCUT2D eigenvalue weighted by Crippen LogP contribution is 2.19. The summed E-state index contributed by atoms with van der Waals surface area (Å²) < 4.78 is 42.6.